The Hall–Kier alpha value is -1.36. The van der Waals surface area contributed by atoms with Crippen LogP contribution < -0.4 is 9.47 Å². The van der Waals surface area contributed by atoms with E-state index in [1.54, 1.807) is 21.1 Å². The third-order valence-electron chi connectivity index (χ3n) is 2.73. The molecule has 0 radical (unpaired) electrons. The van der Waals surface area contributed by atoms with E-state index in [2.05, 4.69) is 0 Å². The summed E-state index contributed by atoms with van der Waals surface area (Å²) < 4.78 is 10.6. The molecule has 0 spiro atoms. The van der Waals surface area contributed by atoms with Crippen LogP contribution in [0.2, 0.25) is 0 Å². The van der Waals surface area contributed by atoms with Gasteiger partial charge in [0.2, 0.25) is 0 Å². The fourth-order valence-electron chi connectivity index (χ4n) is 1.74. The Kier molecular flexibility index (Phi) is 5.34. The van der Waals surface area contributed by atoms with Gasteiger partial charge in [0.1, 0.15) is 0 Å². The third kappa shape index (κ3) is 3.10. The number of aliphatic carboxylic acids is 1. The smallest absolute Gasteiger partial charge is 0.306 e. The number of hydrogen-bond acceptors (Lipinski definition) is 4. The molecule has 100 valence electrons. The van der Waals surface area contributed by atoms with Gasteiger partial charge in [-0.2, -0.15) is 0 Å². The quantitative estimate of drug-likeness (QED) is 0.805. The maximum absolute atomic E-state index is 10.9. The van der Waals surface area contributed by atoms with Crippen LogP contribution in [-0.4, -0.2) is 31.6 Å². The molecule has 0 fully saturated rings. The highest BCUT2D eigenvalue weighted by Crippen LogP contribution is 2.39. The van der Waals surface area contributed by atoms with Gasteiger partial charge < -0.3 is 14.6 Å². The van der Waals surface area contributed by atoms with Gasteiger partial charge in [0.15, 0.2) is 11.5 Å². The second-order valence-electron chi connectivity index (χ2n) is 3.94. The minimum Gasteiger partial charge on any atom is -0.493 e. The van der Waals surface area contributed by atoms with Crippen molar-refractivity contribution in [2.75, 3.05) is 20.5 Å². The van der Waals surface area contributed by atoms with Gasteiger partial charge in [-0.05, 0) is 24.3 Å². The first kappa shape index (κ1) is 14.7. The molecule has 4 nitrogen and oxygen atoms in total. The van der Waals surface area contributed by atoms with E-state index in [9.17, 15) is 4.79 Å². The van der Waals surface area contributed by atoms with Gasteiger partial charge >= 0.3 is 5.97 Å². The summed E-state index contributed by atoms with van der Waals surface area (Å²) in [5.41, 5.74) is 0.968. The van der Waals surface area contributed by atoms with E-state index in [4.69, 9.17) is 14.6 Å². The maximum atomic E-state index is 10.9. The first-order valence-electron chi connectivity index (χ1n) is 5.55. The molecule has 0 aromatic heterocycles. The molecule has 0 saturated carbocycles. The fraction of sp³-hybridized carbons (Fsp3) is 0.462. The fourth-order valence-corrected chi connectivity index (χ4v) is 2.52. The van der Waals surface area contributed by atoms with Gasteiger partial charge in [0.05, 0.1) is 25.0 Å². The first-order valence-corrected chi connectivity index (χ1v) is 6.78. The van der Waals surface area contributed by atoms with E-state index in [0.717, 1.165) is 10.5 Å². The molecule has 0 aliphatic rings. The molecule has 1 aromatic carbocycles. The number of thioether (sulfide) groups is 1. The predicted molar refractivity (Wildman–Crippen MR) is 71.8 cm³/mol. The zero-order valence-electron chi connectivity index (χ0n) is 11.0. The van der Waals surface area contributed by atoms with Crippen molar-refractivity contribution in [3.05, 3.63) is 17.7 Å². The maximum Gasteiger partial charge on any atom is 0.306 e. The number of methoxy groups -OCH3 is 2. The molecule has 1 aromatic rings. The highest BCUT2D eigenvalue weighted by Gasteiger charge is 2.18. The molecular weight excluding hydrogens is 252 g/mol. The van der Waals surface area contributed by atoms with Crippen molar-refractivity contribution >= 4 is 17.7 Å². The second kappa shape index (κ2) is 6.54. The zero-order valence-corrected chi connectivity index (χ0v) is 11.8. The van der Waals surface area contributed by atoms with Crippen LogP contribution in [0.1, 0.15) is 12.5 Å². The second-order valence-corrected chi connectivity index (χ2v) is 4.75. The van der Waals surface area contributed by atoms with Crippen LogP contribution in [0.4, 0.5) is 0 Å². The number of carbonyl (C=O) groups is 1. The molecule has 0 saturated heterocycles. The highest BCUT2D eigenvalue weighted by atomic mass is 32.2. The van der Waals surface area contributed by atoms with Crippen LogP contribution in [0.15, 0.2) is 17.0 Å². The van der Waals surface area contributed by atoms with E-state index >= 15 is 0 Å². The van der Waals surface area contributed by atoms with E-state index in [0.29, 0.717) is 17.9 Å². The Bertz CT molecular complexity index is 431. The van der Waals surface area contributed by atoms with Gasteiger partial charge in [-0.1, -0.05) is 13.0 Å². The number of carboxylic acids is 1. The van der Waals surface area contributed by atoms with E-state index in [1.165, 1.54) is 11.8 Å². The standard InChI is InChI=1S/C13H18O4S/c1-8(13(14)15)7-9-5-6-10(16-2)11(17-3)12(9)18-4/h5-6,8H,7H2,1-4H3,(H,14,15). The summed E-state index contributed by atoms with van der Waals surface area (Å²) in [6.45, 7) is 1.70. The van der Waals surface area contributed by atoms with Crippen molar-refractivity contribution in [1.82, 2.24) is 0 Å². The summed E-state index contributed by atoms with van der Waals surface area (Å²) in [6.07, 6.45) is 2.41. The van der Waals surface area contributed by atoms with E-state index in [1.807, 2.05) is 18.4 Å². The largest absolute Gasteiger partial charge is 0.493 e. The molecular formula is C13H18O4S. The number of rotatable bonds is 6. The lowest BCUT2D eigenvalue weighted by Crippen LogP contribution is -2.13. The molecule has 1 atom stereocenters. The number of hydrogen-bond donors (Lipinski definition) is 1. The molecule has 0 aliphatic heterocycles. The summed E-state index contributed by atoms with van der Waals surface area (Å²) in [4.78, 5) is 11.9. The van der Waals surface area contributed by atoms with Gasteiger partial charge in [0.25, 0.3) is 0 Å². The van der Waals surface area contributed by atoms with Gasteiger partial charge in [-0.15, -0.1) is 11.8 Å². The Morgan fingerprint density at radius 1 is 1.39 bits per heavy atom. The lowest BCUT2D eigenvalue weighted by Gasteiger charge is -2.16. The van der Waals surface area contributed by atoms with E-state index < -0.39 is 11.9 Å². The SMILES string of the molecule is COc1ccc(CC(C)C(=O)O)c(SC)c1OC. The van der Waals surface area contributed by atoms with Crippen molar-refractivity contribution in [3.8, 4) is 11.5 Å². The Balaban J connectivity index is 3.16. The van der Waals surface area contributed by atoms with Crippen molar-refractivity contribution in [3.63, 3.8) is 0 Å². The Labute approximate surface area is 111 Å². The minimum atomic E-state index is -0.795. The van der Waals surface area contributed by atoms with Crippen LogP contribution in [-0.2, 0) is 11.2 Å². The van der Waals surface area contributed by atoms with Crippen LogP contribution in [0, 0.1) is 5.92 Å². The van der Waals surface area contributed by atoms with E-state index in [-0.39, 0.29) is 0 Å². The van der Waals surface area contributed by atoms with Gasteiger partial charge in [-0.3, -0.25) is 4.79 Å². The number of ether oxygens (including phenoxy) is 2. The molecule has 1 rings (SSSR count). The Morgan fingerprint density at radius 3 is 2.50 bits per heavy atom. The Morgan fingerprint density at radius 2 is 2.06 bits per heavy atom. The van der Waals surface area contributed by atoms with Crippen molar-refractivity contribution < 1.29 is 19.4 Å². The number of benzene rings is 1. The average molecular weight is 270 g/mol. The molecule has 0 heterocycles. The van der Waals surface area contributed by atoms with Crippen LogP contribution in [0.3, 0.4) is 0 Å². The van der Waals surface area contributed by atoms with Gasteiger partial charge in [-0.25, -0.2) is 0 Å². The predicted octanol–water partition coefficient (Wildman–Crippen LogP) is 2.69. The van der Waals surface area contributed by atoms with Crippen molar-refractivity contribution in [2.24, 2.45) is 5.92 Å². The van der Waals surface area contributed by atoms with Crippen molar-refractivity contribution in [1.29, 1.82) is 0 Å². The monoisotopic (exact) mass is 270 g/mol. The lowest BCUT2D eigenvalue weighted by molar-refractivity contribution is -0.141. The number of carboxylic acid groups (broad SMARTS) is 1. The van der Waals surface area contributed by atoms with Crippen molar-refractivity contribution in [2.45, 2.75) is 18.2 Å². The molecule has 0 bridgehead atoms. The molecule has 0 aliphatic carbocycles. The molecule has 0 amide bonds. The highest BCUT2D eigenvalue weighted by molar-refractivity contribution is 7.98. The van der Waals surface area contributed by atoms with Gasteiger partial charge in [0, 0.05) is 0 Å². The lowest BCUT2D eigenvalue weighted by atomic mass is 10.0. The van der Waals surface area contributed by atoms with Crippen LogP contribution >= 0.6 is 11.8 Å². The summed E-state index contributed by atoms with van der Waals surface area (Å²) in [6, 6.07) is 3.70. The summed E-state index contributed by atoms with van der Waals surface area (Å²) in [5, 5.41) is 8.97. The van der Waals surface area contributed by atoms with Crippen LogP contribution in [0.5, 0.6) is 11.5 Å². The average Bonchev–Trinajstić information content (AvgIpc) is 2.37. The first-order chi connectivity index (χ1) is 8.54. The summed E-state index contributed by atoms with van der Waals surface area (Å²) in [5.74, 6) is 0.111. The topological polar surface area (TPSA) is 55.8 Å². The third-order valence-corrected chi connectivity index (χ3v) is 3.59. The summed E-state index contributed by atoms with van der Waals surface area (Å²) >= 11 is 1.53. The summed E-state index contributed by atoms with van der Waals surface area (Å²) in [7, 11) is 3.17. The molecule has 1 unspecified atom stereocenters. The normalized spacial score (nSPS) is 12.0. The minimum absolute atomic E-state index is 0.422. The molecule has 5 heteroatoms. The van der Waals surface area contributed by atoms with Crippen LogP contribution in [0.25, 0.3) is 0 Å². The zero-order chi connectivity index (χ0) is 13.7. The molecule has 1 N–H and O–H groups in total. The molecule has 18 heavy (non-hydrogen) atoms.